The molecule has 2 aromatic carbocycles. The van der Waals surface area contributed by atoms with Gasteiger partial charge in [0.1, 0.15) is 17.7 Å². The van der Waals surface area contributed by atoms with Gasteiger partial charge in [-0.05, 0) is 112 Å². The Morgan fingerprint density at radius 3 is 2.46 bits per heavy atom. The lowest BCUT2D eigenvalue weighted by molar-refractivity contribution is -0.122. The average Bonchev–Trinajstić information content (AvgIpc) is 3.84. The molecule has 3 N–H and O–H groups in total. The maximum absolute atomic E-state index is 13.8. The number of carboxylic acid groups (broad SMARTS) is 1. The van der Waals surface area contributed by atoms with Gasteiger partial charge in [0.2, 0.25) is 5.95 Å². The summed E-state index contributed by atoms with van der Waals surface area (Å²) < 4.78 is 10.6. The summed E-state index contributed by atoms with van der Waals surface area (Å²) in [6.07, 6.45) is 11.9. The highest BCUT2D eigenvalue weighted by Crippen LogP contribution is 2.39. The Labute approximate surface area is 335 Å². The Kier molecular flexibility index (Phi) is 12.4. The van der Waals surface area contributed by atoms with E-state index in [9.17, 15) is 4.79 Å². The number of piperidine rings is 2. The van der Waals surface area contributed by atoms with E-state index in [0.29, 0.717) is 11.9 Å². The number of hydrogen-bond acceptors (Lipinski definition) is 8. The number of fused-ring (bicyclic) bond motifs is 2. The summed E-state index contributed by atoms with van der Waals surface area (Å²) >= 11 is 0. The Hall–Kier alpha value is -5.43. The van der Waals surface area contributed by atoms with Crippen molar-refractivity contribution < 1.29 is 19.4 Å². The standard InChI is InChI=1S/C43H55N9O2.CH2O2/c1-30-13-8-11-25-50(30)42-47-46-39-21-18-33(29-51(39)42)54-37-20-19-36(34-16-6-7-17-35(34)37)44-41(53)45-40-28-38(43(2,3)4)48-52(40)32-15-12-14-31(27-32)22-26-49-23-9-5-10-24-49;2-1-3/h6-7,12,14-18,21,27-30,36-37H,5,8-11,13,19-20,22-26H2,1-4H3,(H2,44,45,53);1H,(H,2,3)/t30-,36-,37+;/m0./s1. The van der Waals surface area contributed by atoms with Gasteiger partial charge in [-0.3, -0.25) is 14.5 Å². The van der Waals surface area contributed by atoms with Crippen molar-refractivity contribution >= 4 is 29.9 Å². The third-order valence-electron chi connectivity index (χ3n) is 11.5. The van der Waals surface area contributed by atoms with Crippen molar-refractivity contribution in [3.05, 3.63) is 95.3 Å². The minimum absolute atomic E-state index is 0.147. The molecular weight excluding hydrogens is 719 g/mol. The van der Waals surface area contributed by atoms with Gasteiger partial charge in [-0.15, -0.1) is 10.2 Å². The lowest BCUT2D eigenvalue weighted by atomic mass is 9.85. The van der Waals surface area contributed by atoms with Crippen molar-refractivity contribution in [1.82, 2.24) is 34.6 Å². The minimum atomic E-state index is -0.255. The van der Waals surface area contributed by atoms with E-state index in [2.05, 4.69) is 99.1 Å². The number of benzene rings is 2. The third kappa shape index (κ3) is 9.41. The normalized spacial score (nSPS) is 19.9. The number of likely N-dealkylation sites (tertiary alicyclic amines) is 1. The smallest absolute Gasteiger partial charge is 0.320 e. The van der Waals surface area contributed by atoms with Gasteiger partial charge in [-0.25, -0.2) is 9.48 Å². The van der Waals surface area contributed by atoms with E-state index < -0.39 is 0 Å². The quantitative estimate of drug-likeness (QED) is 0.127. The van der Waals surface area contributed by atoms with Gasteiger partial charge >= 0.3 is 6.03 Å². The van der Waals surface area contributed by atoms with E-state index >= 15 is 0 Å². The number of urea groups is 1. The van der Waals surface area contributed by atoms with Crippen LogP contribution in [0.5, 0.6) is 5.75 Å². The zero-order valence-corrected chi connectivity index (χ0v) is 33.7. The highest BCUT2D eigenvalue weighted by Gasteiger charge is 2.31. The monoisotopic (exact) mass is 775 g/mol. The largest absolute Gasteiger partial charge is 0.484 e. The van der Waals surface area contributed by atoms with Crippen molar-refractivity contribution in [2.24, 2.45) is 0 Å². The molecule has 2 saturated heterocycles. The van der Waals surface area contributed by atoms with Gasteiger partial charge in [-0.2, -0.15) is 5.10 Å². The van der Waals surface area contributed by atoms with Crippen LogP contribution in [0.1, 0.15) is 114 Å². The van der Waals surface area contributed by atoms with Gasteiger partial charge in [0, 0.05) is 30.6 Å². The summed E-state index contributed by atoms with van der Waals surface area (Å²) in [5, 5.41) is 27.4. The first-order valence-corrected chi connectivity index (χ1v) is 20.6. The Bertz CT molecular complexity index is 2130. The van der Waals surface area contributed by atoms with Crippen molar-refractivity contribution in [2.45, 2.75) is 109 Å². The number of anilines is 2. The number of carbonyl (C=O) groups excluding carboxylic acids is 1. The number of rotatable bonds is 9. The highest BCUT2D eigenvalue weighted by molar-refractivity contribution is 5.89. The molecule has 13 heteroatoms. The number of nitrogens with one attached hydrogen (secondary N) is 2. The Morgan fingerprint density at radius 2 is 1.68 bits per heavy atom. The van der Waals surface area contributed by atoms with Gasteiger partial charge in [-0.1, -0.05) is 63.6 Å². The van der Waals surface area contributed by atoms with Crippen molar-refractivity contribution in [3.8, 4) is 11.4 Å². The first-order valence-electron chi connectivity index (χ1n) is 20.6. The molecule has 0 spiro atoms. The summed E-state index contributed by atoms with van der Waals surface area (Å²) in [5.41, 5.74) is 5.92. The summed E-state index contributed by atoms with van der Waals surface area (Å²) in [7, 11) is 0. The van der Waals surface area contributed by atoms with Crippen LogP contribution in [-0.4, -0.2) is 79.1 Å². The second kappa shape index (κ2) is 17.8. The first kappa shape index (κ1) is 39.8. The van der Waals surface area contributed by atoms with Gasteiger partial charge in [0.05, 0.1) is 23.6 Å². The van der Waals surface area contributed by atoms with Crippen molar-refractivity contribution in [2.75, 3.05) is 36.4 Å². The molecule has 2 fully saturated rings. The maximum atomic E-state index is 13.8. The molecule has 0 bridgehead atoms. The van der Waals surface area contributed by atoms with Crippen LogP contribution in [0.3, 0.4) is 0 Å². The van der Waals surface area contributed by atoms with Gasteiger partial charge < -0.3 is 25.0 Å². The zero-order chi connectivity index (χ0) is 39.9. The van der Waals surface area contributed by atoms with E-state index in [1.54, 1.807) is 0 Å². The molecule has 3 aromatic heterocycles. The fourth-order valence-corrected chi connectivity index (χ4v) is 8.37. The Morgan fingerprint density at radius 1 is 0.912 bits per heavy atom. The summed E-state index contributed by atoms with van der Waals surface area (Å²) in [6.45, 7) is 12.9. The van der Waals surface area contributed by atoms with E-state index in [4.69, 9.17) is 19.7 Å². The van der Waals surface area contributed by atoms with Gasteiger partial charge in [0.25, 0.3) is 6.47 Å². The molecule has 0 unspecified atom stereocenters. The molecule has 0 radical (unpaired) electrons. The van der Waals surface area contributed by atoms with Gasteiger partial charge in [0.15, 0.2) is 5.65 Å². The second-order valence-corrected chi connectivity index (χ2v) is 16.6. The maximum Gasteiger partial charge on any atom is 0.320 e. The van der Waals surface area contributed by atoms with Crippen LogP contribution < -0.4 is 20.3 Å². The predicted octanol–water partition coefficient (Wildman–Crippen LogP) is 8.10. The molecule has 3 aliphatic rings. The van der Waals surface area contributed by atoms with Crippen LogP contribution in [0.15, 0.2) is 72.9 Å². The molecular formula is C44H57N9O4. The minimum Gasteiger partial charge on any atom is -0.484 e. The number of carbonyl (C=O) groups is 2. The number of ether oxygens (including phenoxy) is 1. The summed E-state index contributed by atoms with van der Waals surface area (Å²) in [5.74, 6) is 2.30. The SMILES string of the molecule is C[C@H]1CCCCN1c1nnc2ccc(O[C@@H]3CC[C@H](NC(=O)Nc4cc(C(C)(C)C)nn4-c4cccc(CCN5CCCCC5)c4)c4ccccc43)cn12.O=CO. The van der Waals surface area contributed by atoms with E-state index in [1.165, 1.54) is 44.3 Å². The van der Waals surface area contributed by atoms with Crippen LogP contribution in [0.4, 0.5) is 16.6 Å². The molecule has 5 heterocycles. The van der Waals surface area contributed by atoms with Crippen LogP contribution in [0, 0.1) is 0 Å². The fourth-order valence-electron chi connectivity index (χ4n) is 8.37. The third-order valence-corrected chi connectivity index (χ3v) is 11.5. The number of aromatic nitrogens is 5. The van der Waals surface area contributed by atoms with E-state index in [-0.39, 0.29) is 30.1 Å². The van der Waals surface area contributed by atoms with Crippen molar-refractivity contribution in [3.63, 3.8) is 0 Å². The van der Waals surface area contributed by atoms with Crippen LogP contribution in [0.2, 0.25) is 0 Å². The lowest BCUT2D eigenvalue weighted by Crippen LogP contribution is -2.38. The van der Waals surface area contributed by atoms with E-state index in [0.717, 1.165) is 85.0 Å². The van der Waals surface area contributed by atoms with Crippen molar-refractivity contribution in [1.29, 1.82) is 0 Å². The number of nitrogens with zero attached hydrogens (tertiary/aromatic N) is 7. The van der Waals surface area contributed by atoms with E-state index in [1.807, 2.05) is 41.2 Å². The summed E-state index contributed by atoms with van der Waals surface area (Å²) in [6, 6.07) is 22.8. The Balaban J connectivity index is 0.00000160. The second-order valence-electron chi connectivity index (χ2n) is 16.6. The lowest BCUT2D eigenvalue weighted by Gasteiger charge is -2.33. The number of amides is 2. The molecule has 8 rings (SSSR count). The number of hydrogen-bond donors (Lipinski definition) is 3. The summed E-state index contributed by atoms with van der Waals surface area (Å²) in [4.78, 5) is 27.1. The molecule has 0 saturated carbocycles. The first-order chi connectivity index (χ1) is 27.6. The fraction of sp³-hybridized carbons (Fsp3) is 0.477. The molecule has 302 valence electrons. The molecule has 3 atom stereocenters. The molecule has 57 heavy (non-hydrogen) atoms. The van der Waals surface area contributed by atoms with Crippen LogP contribution in [-0.2, 0) is 16.6 Å². The van der Waals surface area contributed by atoms with Crippen LogP contribution in [0.25, 0.3) is 11.3 Å². The molecule has 2 aliphatic heterocycles. The number of pyridine rings is 1. The molecule has 2 amide bonds. The zero-order valence-electron chi connectivity index (χ0n) is 33.7. The highest BCUT2D eigenvalue weighted by atomic mass is 16.5. The molecule has 13 nitrogen and oxygen atoms in total. The molecule has 1 aliphatic carbocycles. The van der Waals surface area contributed by atoms with Crippen LogP contribution >= 0.6 is 0 Å². The topological polar surface area (TPSA) is 142 Å². The predicted molar refractivity (Wildman–Crippen MR) is 223 cm³/mol. The average molecular weight is 776 g/mol. The molecule has 5 aromatic rings.